The van der Waals surface area contributed by atoms with E-state index in [2.05, 4.69) is 10.3 Å². The quantitative estimate of drug-likeness (QED) is 0.341. The Balaban J connectivity index is 1.61. The number of thiazole rings is 1. The topological polar surface area (TPSA) is 117 Å². The molecule has 0 spiro atoms. The molecule has 4 rings (SSSR count). The predicted octanol–water partition coefficient (Wildman–Crippen LogP) is 4.76. The van der Waals surface area contributed by atoms with Crippen molar-refractivity contribution in [3.05, 3.63) is 53.6 Å². The smallest absolute Gasteiger partial charge is 0.262 e. The molecule has 1 N–H and O–H groups in total. The fourth-order valence-corrected chi connectivity index (χ4v) is 7.25. The molecule has 3 aromatic rings. The van der Waals surface area contributed by atoms with E-state index in [0.717, 1.165) is 16.2 Å². The van der Waals surface area contributed by atoms with Crippen molar-refractivity contribution in [1.82, 2.24) is 14.2 Å². The summed E-state index contributed by atoms with van der Waals surface area (Å²) in [6.45, 7) is 8.47. The van der Waals surface area contributed by atoms with Gasteiger partial charge in [0.2, 0.25) is 15.9 Å². The molecule has 202 valence electrons. The standard InChI is InChI=1S/C27H32N4O5S2/c1-5-14-30(15-6-2)38(35,36)18-12-13-21-22(16-18)37-27(28-21)29-24(32)23(17(4)7-3)31-25(33)19-10-8-9-11-20(19)26(31)34/h8-13,16-17,23H,5-7,14-15H2,1-4H3,(H,28,29,32). The summed E-state index contributed by atoms with van der Waals surface area (Å²) < 4.78 is 28.5. The minimum absolute atomic E-state index is 0.178. The number of aromatic nitrogens is 1. The van der Waals surface area contributed by atoms with Crippen LogP contribution < -0.4 is 5.32 Å². The van der Waals surface area contributed by atoms with Crippen molar-refractivity contribution in [2.75, 3.05) is 18.4 Å². The van der Waals surface area contributed by atoms with E-state index < -0.39 is 33.8 Å². The first-order valence-electron chi connectivity index (χ1n) is 12.8. The van der Waals surface area contributed by atoms with Gasteiger partial charge in [-0.25, -0.2) is 13.4 Å². The summed E-state index contributed by atoms with van der Waals surface area (Å²) in [4.78, 5) is 45.4. The first-order chi connectivity index (χ1) is 18.1. The normalized spacial score (nSPS) is 15.2. The summed E-state index contributed by atoms with van der Waals surface area (Å²) in [6, 6.07) is 10.3. The second-order valence-electron chi connectivity index (χ2n) is 9.40. The molecule has 0 radical (unpaired) electrons. The Morgan fingerprint density at radius 2 is 1.63 bits per heavy atom. The van der Waals surface area contributed by atoms with Crippen molar-refractivity contribution in [2.45, 2.75) is 57.9 Å². The van der Waals surface area contributed by atoms with Crippen LogP contribution in [0.4, 0.5) is 5.13 Å². The summed E-state index contributed by atoms with van der Waals surface area (Å²) >= 11 is 1.15. The highest BCUT2D eigenvalue weighted by atomic mass is 32.2. The molecule has 11 heteroatoms. The maximum atomic E-state index is 13.5. The van der Waals surface area contributed by atoms with Gasteiger partial charge >= 0.3 is 0 Å². The molecule has 2 unspecified atom stereocenters. The highest BCUT2D eigenvalue weighted by Crippen LogP contribution is 2.32. The number of sulfonamides is 1. The third-order valence-corrected chi connectivity index (χ3v) is 9.56. The van der Waals surface area contributed by atoms with Gasteiger partial charge in [-0.2, -0.15) is 4.31 Å². The molecule has 2 aromatic carbocycles. The van der Waals surface area contributed by atoms with Crippen LogP contribution in [0.2, 0.25) is 0 Å². The van der Waals surface area contributed by atoms with Crippen LogP contribution in [0.15, 0.2) is 47.4 Å². The molecule has 9 nitrogen and oxygen atoms in total. The van der Waals surface area contributed by atoms with Crippen LogP contribution in [0.3, 0.4) is 0 Å². The molecule has 2 heterocycles. The number of hydrogen-bond acceptors (Lipinski definition) is 7. The molecule has 0 aliphatic carbocycles. The number of nitrogens with zero attached hydrogens (tertiary/aromatic N) is 3. The lowest BCUT2D eigenvalue weighted by Gasteiger charge is -2.29. The molecule has 0 bridgehead atoms. The van der Waals surface area contributed by atoms with Crippen LogP contribution in [0.25, 0.3) is 10.2 Å². The Hall–Kier alpha value is -3.15. The van der Waals surface area contributed by atoms with E-state index in [1.807, 2.05) is 27.7 Å². The average molecular weight is 557 g/mol. The average Bonchev–Trinajstić information content (AvgIpc) is 3.41. The maximum Gasteiger partial charge on any atom is 0.262 e. The number of amides is 3. The maximum absolute atomic E-state index is 13.5. The fourth-order valence-electron chi connectivity index (χ4n) is 4.61. The zero-order chi connectivity index (χ0) is 27.6. The van der Waals surface area contributed by atoms with E-state index >= 15 is 0 Å². The number of benzene rings is 2. The summed E-state index contributed by atoms with van der Waals surface area (Å²) in [6.07, 6.45) is 1.99. The molecule has 3 amide bonds. The monoisotopic (exact) mass is 556 g/mol. The lowest BCUT2D eigenvalue weighted by atomic mass is 9.96. The third kappa shape index (κ3) is 5.10. The number of fused-ring (bicyclic) bond motifs is 2. The molecular weight excluding hydrogens is 524 g/mol. The number of carbonyl (C=O) groups is 3. The van der Waals surface area contributed by atoms with Gasteiger partial charge in [0.25, 0.3) is 11.8 Å². The van der Waals surface area contributed by atoms with Crippen molar-refractivity contribution >= 4 is 54.4 Å². The van der Waals surface area contributed by atoms with E-state index in [1.54, 1.807) is 36.4 Å². The Morgan fingerprint density at radius 1 is 1.03 bits per heavy atom. The van der Waals surface area contributed by atoms with E-state index in [4.69, 9.17) is 0 Å². The van der Waals surface area contributed by atoms with E-state index in [9.17, 15) is 22.8 Å². The van der Waals surface area contributed by atoms with E-state index in [-0.39, 0.29) is 27.1 Å². The zero-order valence-corrected chi connectivity index (χ0v) is 23.6. The number of nitrogens with one attached hydrogen (secondary N) is 1. The summed E-state index contributed by atoms with van der Waals surface area (Å²) in [5, 5.41) is 3.04. The Morgan fingerprint density at radius 3 is 2.18 bits per heavy atom. The van der Waals surface area contributed by atoms with Crippen molar-refractivity contribution in [3.63, 3.8) is 0 Å². The summed E-state index contributed by atoms with van der Waals surface area (Å²) in [7, 11) is -3.66. The predicted molar refractivity (Wildman–Crippen MR) is 148 cm³/mol. The fraction of sp³-hybridized carbons (Fsp3) is 0.407. The second-order valence-corrected chi connectivity index (χ2v) is 12.4. The van der Waals surface area contributed by atoms with Crippen LogP contribution in [0, 0.1) is 5.92 Å². The van der Waals surface area contributed by atoms with Crippen LogP contribution in [0.5, 0.6) is 0 Å². The largest absolute Gasteiger partial charge is 0.300 e. The molecule has 0 saturated carbocycles. The molecule has 1 aliphatic heterocycles. The molecule has 38 heavy (non-hydrogen) atoms. The van der Waals surface area contributed by atoms with E-state index in [0.29, 0.717) is 42.6 Å². The van der Waals surface area contributed by atoms with Gasteiger partial charge < -0.3 is 5.32 Å². The van der Waals surface area contributed by atoms with Gasteiger partial charge in [-0.15, -0.1) is 0 Å². The Bertz CT molecular complexity index is 1440. The first-order valence-corrected chi connectivity index (χ1v) is 15.1. The van der Waals surface area contributed by atoms with Crippen LogP contribution in [-0.4, -0.2) is 59.5 Å². The lowest BCUT2D eigenvalue weighted by Crippen LogP contribution is -2.50. The molecule has 0 saturated heterocycles. The molecule has 2 atom stereocenters. The van der Waals surface area contributed by atoms with Crippen molar-refractivity contribution in [1.29, 1.82) is 0 Å². The minimum atomic E-state index is -3.66. The molecular formula is C27H32N4O5S2. The van der Waals surface area contributed by atoms with E-state index in [1.165, 1.54) is 10.4 Å². The number of imide groups is 1. The van der Waals surface area contributed by atoms with Gasteiger partial charge in [-0.05, 0) is 49.1 Å². The van der Waals surface area contributed by atoms with Gasteiger partial charge in [-0.3, -0.25) is 19.3 Å². The highest BCUT2D eigenvalue weighted by Gasteiger charge is 2.44. The Kier molecular flexibility index (Phi) is 8.29. The highest BCUT2D eigenvalue weighted by molar-refractivity contribution is 7.89. The van der Waals surface area contributed by atoms with Crippen LogP contribution in [-0.2, 0) is 14.8 Å². The molecule has 1 aromatic heterocycles. The van der Waals surface area contributed by atoms with Crippen molar-refractivity contribution in [3.8, 4) is 0 Å². The zero-order valence-electron chi connectivity index (χ0n) is 21.9. The summed E-state index contributed by atoms with van der Waals surface area (Å²) in [5.74, 6) is -1.80. The first kappa shape index (κ1) is 27.9. The van der Waals surface area contributed by atoms with Crippen LogP contribution in [0.1, 0.15) is 67.7 Å². The SMILES string of the molecule is CCCN(CCC)S(=O)(=O)c1ccc2nc(NC(=O)C(C(C)CC)N3C(=O)c4ccccc4C3=O)sc2c1. The molecule has 1 aliphatic rings. The second kappa shape index (κ2) is 11.3. The van der Waals surface area contributed by atoms with Gasteiger partial charge in [0.05, 0.1) is 26.2 Å². The third-order valence-electron chi connectivity index (χ3n) is 6.73. The number of anilines is 1. The summed E-state index contributed by atoms with van der Waals surface area (Å²) in [5.41, 5.74) is 1.11. The molecule has 0 fully saturated rings. The van der Waals surface area contributed by atoms with Crippen molar-refractivity contribution < 1.29 is 22.8 Å². The van der Waals surface area contributed by atoms with Crippen LogP contribution >= 0.6 is 11.3 Å². The lowest BCUT2D eigenvalue weighted by molar-refractivity contribution is -0.121. The minimum Gasteiger partial charge on any atom is -0.300 e. The van der Waals surface area contributed by atoms with Gasteiger partial charge in [0.15, 0.2) is 5.13 Å². The Labute approximate surface area is 226 Å². The van der Waals surface area contributed by atoms with Gasteiger partial charge in [0.1, 0.15) is 6.04 Å². The van der Waals surface area contributed by atoms with Gasteiger partial charge in [0, 0.05) is 13.1 Å². The number of rotatable bonds is 11. The van der Waals surface area contributed by atoms with Crippen molar-refractivity contribution in [2.24, 2.45) is 5.92 Å². The number of carbonyl (C=O) groups excluding carboxylic acids is 3. The number of hydrogen-bond donors (Lipinski definition) is 1. The van der Waals surface area contributed by atoms with Gasteiger partial charge in [-0.1, -0.05) is 57.6 Å².